The van der Waals surface area contributed by atoms with Crippen LogP contribution in [0.5, 0.6) is 0 Å². The Morgan fingerprint density at radius 1 is 0.882 bits per heavy atom. The van der Waals surface area contributed by atoms with E-state index in [1.807, 2.05) is 23.7 Å². The molecule has 3 heteroatoms. The molecule has 2 aromatic rings. The molecule has 2 aromatic heterocycles. The zero-order chi connectivity index (χ0) is 12.8. The number of hydrogen-bond donors (Lipinski definition) is 0. The third-order valence-corrected chi connectivity index (χ3v) is 4.40. The van der Waals surface area contributed by atoms with E-state index in [1.54, 1.807) is 0 Å². The number of hydrogen-bond acceptors (Lipinski definition) is 3. The summed E-state index contributed by atoms with van der Waals surface area (Å²) in [5, 5.41) is 9.30. The van der Waals surface area contributed by atoms with Crippen molar-refractivity contribution in [3.8, 4) is 0 Å². The maximum Gasteiger partial charge on any atom is 0.0674 e. The molecule has 0 saturated carbocycles. The van der Waals surface area contributed by atoms with E-state index in [4.69, 9.17) is 0 Å². The molecule has 0 N–H and O–H groups in total. The van der Waals surface area contributed by atoms with E-state index in [0.717, 1.165) is 0 Å². The normalized spacial score (nSPS) is 13.3. The minimum absolute atomic E-state index is 0.143. The predicted octanol–water partition coefficient (Wildman–Crippen LogP) is 4.29. The molecular formula is C14H20N2S. The van der Waals surface area contributed by atoms with Gasteiger partial charge in [0.2, 0.25) is 0 Å². The summed E-state index contributed by atoms with van der Waals surface area (Å²) < 4.78 is 1.25. The van der Waals surface area contributed by atoms with Gasteiger partial charge in [0.15, 0.2) is 0 Å². The summed E-state index contributed by atoms with van der Waals surface area (Å²) in [5.74, 6) is 0. The molecule has 0 aliphatic rings. The van der Waals surface area contributed by atoms with E-state index >= 15 is 0 Å². The summed E-state index contributed by atoms with van der Waals surface area (Å²) >= 11 is 1.86. The van der Waals surface area contributed by atoms with E-state index in [9.17, 15) is 0 Å². The molecule has 92 valence electrons. The van der Waals surface area contributed by atoms with Crippen LogP contribution in [0, 0.1) is 0 Å². The van der Waals surface area contributed by atoms with Crippen LogP contribution >= 0.6 is 11.3 Å². The predicted molar refractivity (Wildman–Crippen MR) is 74.8 cm³/mol. The molecule has 0 radical (unpaired) electrons. The van der Waals surface area contributed by atoms with Crippen LogP contribution in [0.3, 0.4) is 0 Å². The molecule has 0 aromatic carbocycles. The molecule has 0 fully saturated rings. The Bertz CT molecular complexity index is 541. The lowest BCUT2D eigenvalue weighted by molar-refractivity contribution is 0.545. The highest BCUT2D eigenvalue weighted by atomic mass is 32.1. The molecule has 2 rings (SSSR count). The molecule has 0 aliphatic carbocycles. The Balaban J connectivity index is 2.84. The monoisotopic (exact) mass is 248 g/mol. The Labute approximate surface area is 107 Å². The number of nitrogens with zero attached hydrogens (tertiary/aromatic N) is 2. The van der Waals surface area contributed by atoms with Crippen molar-refractivity contribution in [3.05, 3.63) is 22.8 Å². The van der Waals surface area contributed by atoms with Gasteiger partial charge >= 0.3 is 0 Å². The van der Waals surface area contributed by atoms with Crippen molar-refractivity contribution in [1.82, 2.24) is 10.2 Å². The Morgan fingerprint density at radius 2 is 1.47 bits per heavy atom. The third-order valence-electron chi connectivity index (χ3n) is 2.83. The first kappa shape index (κ1) is 12.5. The zero-order valence-electron chi connectivity index (χ0n) is 11.5. The van der Waals surface area contributed by atoms with Gasteiger partial charge in [-0.25, -0.2) is 0 Å². The van der Waals surface area contributed by atoms with Gasteiger partial charge in [0, 0.05) is 10.3 Å². The second-order valence-corrected chi connectivity index (χ2v) is 7.63. The van der Waals surface area contributed by atoms with Crippen molar-refractivity contribution >= 4 is 21.4 Å². The summed E-state index contributed by atoms with van der Waals surface area (Å²) in [6.07, 6.45) is 3.78. The van der Waals surface area contributed by atoms with Gasteiger partial charge in [-0.15, -0.1) is 11.3 Å². The largest absolute Gasteiger partial charge is 0.158 e. The van der Waals surface area contributed by atoms with Crippen molar-refractivity contribution < 1.29 is 0 Å². The first-order valence-corrected chi connectivity index (χ1v) is 6.77. The van der Waals surface area contributed by atoms with Gasteiger partial charge in [-0.3, -0.25) is 0 Å². The number of rotatable bonds is 0. The molecule has 0 bridgehead atoms. The van der Waals surface area contributed by atoms with Gasteiger partial charge in [-0.1, -0.05) is 41.5 Å². The average Bonchev–Trinajstić information content (AvgIpc) is 2.54. The summed E-state index contributed by atoms with van der Waals surface area (Å²) in [6.45, 7) is 13.6. The van der Waals surface area contributed by atoms with E-state index in [0.29, 0.717) is 0 Å². The number of aromatic nitrogens is 2. The molecule has 0 amide bonds. The molecule has 17 heavy (non-hydrogen) atoms. The maximum atomic E-state index is 4.04. The van der Waals surface area contributed by atoms with Gasteiger partial charge in [-0.2, -0.15) is 10.2 Å². The van der Waals surface area contributed by atoms with Crippen LogP contribution in [0.15, 0.2) is 12.4 Å². The highest BCUT2D eigenvalue weighted by molar-refractivity contribution is 7.19. The van der Waals surface area contributed by atoms with E-state index in [-0.39, 0.29) is 10.8 Å². The summed E-state index contributed by atoms with van der Waals surface area (Å²) in [5.41, 5.74) is 1.75. The molecule has 0 atom stereocenters. The topological polar surface area (TPSA) is 25.8 Å². The molecule has 2 nitrogen and oxygen atoms in total. The molecule has 0 spiro atoms. The van der Waals surface area contributed by atoms with Crippen LogP contribution < -0.4 is 0 Å². The van der Waals surface area contributed by atoms with Crippen LogP contribution in [0.1, 0.15) is 52.0 Å². The number of thiophene rings is 1. The lowest BCUT2D eigenvalue weighted by atomic mass is 9.79. The van der Waals surface area contributed by atoms with E-state index in [2.05, 4.69) is 51.7 Å². The quantitative estimate of drug-likeness (QED) is 0.695. The van der Waals surface area contributed by atoms with E-state index < -0.39 is 0 Å². The second kappa shape index (κ2) is 3.77. The van der Waals surface area contributed by atoms with Crippen LogP contribution in [0.2, 0.25) is 0 Å². The Hall–Kier alpha value is -0.960. The minimum atomic E-state index is 0.143. The lowest BCUT2D eigenvalue weighted by Crippen LogP contribution is -2.19. The van der Waals surface area contributed by atoms with Crippen molar-refractivity contribution in [3.63, 3.8) is 0 Å². The highest BCUT2D eigenvalue weighted by Gasteiger charge is 2.29. The highest BCUT2D eigenvalue weighted by Crippen LogP contribution is 2.43. The smallest absolute Gasteiger partial charge is 0.0674 e. The molecule has 2 heterocycles. The average molecular weight is 248 g/mol. The molecular weight excluding hydrogens is 228 g/mol. The van der Waals surface area contributed by atoms with Crippen molar-refractivity contribution in [2.24, 2.45) is 0 Å². The van der Waals surface area contributed by atoms with Crippen LogP contribution in [-0.2, 0) is 10.8 Å². The van der Waals surface area contributed by atoms with Crippen LogP contribution in [0.4, 0.5) is 0 Å². The van der Waals surface area contributed by atoms with Crippen LogP contribution in [0.25, 0.3) is 10.1 Å². The van der Waals surface area contributed by atoms with Gasteiger partial charge < -0.3 is 0 Å². The first-order chi connectivity index (χ1) is 7.71. The Morgan fingerprint density at radius 3 is 2.00 bits per heavy atom. The Kier molecular flexibility index (Phi) is 2.77. The standard InChI is InChI=1S/C14H20N2S/c1-13(2,3)11-9-7-15-16-8-10(9)17-12(11)14(4,5)6/h7-8H,1-6H3. The maximum absolute atomic E-state index is 4.04. The fourth-order valence-corrected chi connectivity index (χ4v) is 3.54. The van der Waals surface area contributed by atoms with Crippen molar-refractivity contribution in [2.75, 3.05) is 0 Å². The van der Waals surface area contributed by atoms with Gasteiger partial charge in [0.05, 0.1) is 17.1 Å². The fourth-order valence-electron chi connectivity index (χ4n) is 2.14. The van der Waals surface area contributed by atoms with Crippen molar-refractivity contribution in [2.45, 2.75) is 52.4 Å². The van der Waals surface area contributed by atoms with Gasteiger partial charge in [0.25, 0.3) is 0 Å². The lowest BCUT2D eigenvalue weighted by Gasteiger charge is -2.26. The summed E-state index contributed by atoms with van der Waals surface area (Å²) in [4.78, 5) is 1.45. The summed E-state index contributed by atoms with van der Waals surface area (Å²) in [7, 11) is 0. The molecule has 0 unspecified atom stereocenters. The SMILES string of the molecule is CC(C)(C)c1sc2cnncc2c1C(C)(C)C. The molecule has 0 aliphatic heterocycles. The van der Waals surface area contributed by atoms with Crippen LogP contribution in [-0.4, -0.2) is 10.2 Å². The third kappa shape index (κ3) is 2.21. The van der Waals surface area contributed by atoms with Gasteiger partial charge in [-0.05, 0) is 16.4 Å². The zero-order valence-corrected chi connectivity index (χ0v) is 12.3. The summed E-state index contributed by atoms with van der Waals surface area (Å²) in [6, 6.07) is 0. The number of fused-ring (bicyclic) bond motifs is 1. The van der Waals surface area contributed by atoms with Gasteiger partial charge in [0.1, 0.15) is 0 Å². The minimum Gasteiger partial charge on any atom is -0.158 e. The second-order valence-electron chi connectivity index (χ2n) is 6.57. The fraction of sp³-hybridized carbons (Fsp3) is 0.571. The van der Waals surface area contributed by atoms with E-state index in [1.165, 1.54) is 20.5 Å². The first-order valence-electron chi connectivity index (χ1n) is 5.95. The molecule has 0 saturated heterocycles. The van der Waals surface area contributed by atoms with Crippen molar-refractivity contribution in [1.29, 1.82) is 0 Å².